The molecule has 110 valence electrons. The molecule has 0 spiro atoms. The number of carbonyl (C=O) groups is 2. The normalized spacial score (nSPS) is 10.2. The molecule has 0 saturated carbocycles. The van der Waals surface area contributed by atoms with Crippen LogP contribution in [0.5, 0.6) is 0 Å². The third kappa shape index (κ3) is 5.27. The van der Waals surface area contributed by atoms with Gasteiger partial charge in [-0.15, -0.1) is 0 Å². The maximum absolute atomic E-state index is 11.8. The topological polar surface area (TPSA) is 61.4 Å². The number of amides is 2. The maximum atomic E-state index is 11.8. The van der Waals surface area contributed by atoms with E-state index in [1.165, 1.54) is 0 Å². The van der Waals surface area contributed by atoms with Gasteiger partial charge >= 0.3 is 0 Å². The van der Waals surface area contributed by atoms with Gasteiger partial charge in [0.25, 0.3) is 11.8 Å². The van der Waals surface area contributed by atoms with E-state index in [-0.39, 0.29) is 12.5 Å². The van der Waals surface area contributed by atoms with Gasteiger partial charge in [-0.3, -0.25) is 9.59 Å². The highest BCUT2D eigenvalue weighted by Crippen LogP contribution is 2.11. The first-order valence-corrected chi connectivity index (χ1v) is 6.90. The summed E-state index contributed by atoms with van der Waals surface area (Å²) in [4.78, 5) is 23.7. The predicted molar refractivity (Wildman–Crippen MR) is 81.6 cm³/mol. The Hall–Kier alpha value is -1.46. The third-order valence-electron chi connectivity index (χ3n) is 2.55. The first-order valence-electron chi connectivity index (χ1n) is 6.03. The smallest absolute Gasteiger partial charge is 0.253 e. The molecule has 1 aromatic carbocycles. The van der Waals surface area contributed by atoms with Crippen molar-refractivity contribution in [2.24, 2.45) is 0 Å². The summed E-state index contributed by atoms with van der Waals surface area (Å²) in [5.41, 5.74) is 1.58. The van der Waals surface area contributed by atoms with Gasteiger partial charge < -0.3 is 15.5 Å². The Morgan fingerprint density at radius 2 is 1.65 bits per heavy atom. The number of nitrogens with one attached hydrogen (secondary N) is 2. The lowest BCUT2D eigenvalue weighted by molar-refractivity contribution is -0.119. The fraction of sp³-hybridized carbons (Fsp3) is 0.385. The van der Waals surface area contributed by atoms with Gasteiger partial charge in [0.1, 0.15) is 0 Å². The predicted octanol–water partition coefficient (Wildman–Crippen LogP) is 1.40. The van der Waals surface area contributed by atoms with E-state index < -0.39 is 10.7 Å². The molecule has 0 heterocycles. The minimum Gasteiger partial charge on any atom is -0.378 e. The van der Waals surface area contributed by atoms with Crippen LogP contribution in [0.4, 0.5) is 5.69 Å². The van der Waals surface area contributed by atoms with E-state index in [9.17, 15) is 9.59 Å². The lowest BCUT2D eigenvalue weighted by Crippen LogP contribution is -2.36. The summed E-state index contributed by atoms with van der Waals surface area (Å²) >= 11 is 10.7. The molecule has 2 amide bonds. The Balaban J connectivity index is 2.38. The number of hydrogen-bond donors (Lipinski definition) is 2. The molecule has 5 nitrogen and oxygen atoms in total. The Bertz CT molecular complexity index is 461. The molecule has 20 heavy (non-hydrogen) atoms. The van der Waals surface area contributed by atoms with Crippen LogP contribution in [-0.2, 0) is 4.79 Å². The molecule has 0 bridgehead atoms. The summed E-state index contributed by atoms with van der Waals surface area (Å²) < 4.78 is 0. The van der Waals surface area contributed by atoms with Gasteiger partial charge in [-0.2, -0.15) is 0 Å². The zero-order chi connectivity index (χ0) is 15.1. The Morgan fingerprint density at radius 1 is 1.10 bits per heavy atom. The van der Waals surface area contributed by atoms with Crippen molar-refractivity contribution < 1.29 is 9.59 Å². The number of rotatable bonds is 6. The molecule has 0 unspecified atom stereocenters. The van der Waals surface area contributed by atoms with E-state index in [4.69, 9.17) is 23.2 Å². The summed E-state index contributed by atoms with van der Waals surface area (Å²) in [5.74, 6) is -0.671. The SMILES string of the molecule is CN(C)c1ccc(C(=O)NCCNC(=O)C(Cl)Cl)cc1. The van der Waals surface area contributed by atoms with E-state index in [2.05, 4.69) is 10.6 Å². The van der Waals surface area contributed by atoms with Crippen molar-refractivity contribution >= 4 is 40.7 Å². The van der Waals surface area contributed by atoms with Gasteiger partial charge in [0.2, 0.25) is 0 Å². The van der Waals surface area contributed by atoms with E-state index in [0.717, 1.165) is 5.69 Å². The molecule has 2 N–H and O–H groups in total. The number of nitrogens with zero attached hydrogens (tertiary/aromatic N) is 1. The van der Waals surface area contributed by atoms with Crippen LogP contribution in [0.1, 0.15) is 10.4 Å². The highest BCUT2D eigenvalue weighted by atomic mass is 35.5. The second-order valence-electron chi connectivity index (χ2n) is 4.29. The van der Waals surface area contributed by atoms with Crippen molar-refractivity contribution in [2.45, 2.75) is 4.84 Å². The summed E-state index contributed by atoms with van der Waals surface area (Å²) in [6, 6.07) is 7.22. The molecule has 1 aromatic rings. The fourth-order valence-corrected chi connectivity index (χ4v) is 1.61. The lowest BCUT2D eigenvalue weighted by atomic mass is 10.2. The summed E-state index contributed by atoms with van der Waals surface area (Å²) in [5, 5.41) is 5.18. The number of anilines is 1. The van der Waals surface area contributed by atoms with E-state index in [1.807, 2.05) is 31.1 Å². The average molecular weight is 318 g/mol. The van der Waals surface area contributed by atoms with E-state index in [0.29, 0.717) is 12.1 Å². The molecule has 0 atom stereocenters. The molecule has 0 aliphatic carbocycles. The third-order valence-corrected chi connectivity index (χ3v) is 2.95. The second kappa shape index (κ2) is 7.97. The largest absolute Gasteiger partial charge is 0.378 e. The number of benzene rings is 1. The fourth-order valence-electron chi connectivity index (χ4n) is 1.45. The van der Waals surface area contributed by atoms with Crippen molar-refractivity contribution in [3.05, 3.63) is 29.8 Å². The van der Waals surface area contributed by atoms with Crippen LogP contribution in [0, 0.1) is 0 Å². The summed E-state index contributed by atoms with van der Waals surface area (Å²) in [7, 11) is 3.86. The summed E-state index contributed by atoms with van der Waals surface area (Å²) in [6.45, 7) is 0.580. The van der Waals surface area contributed by atoms with Crippen LogP contribution in [0.2, 0.25) is 0 Å². The van der Waals surface area contributed by atoms with Crippen LogP contribution >= 0.6 is 23.2 Å². The molecule has 0 aromatic heterocycles. The Labute approximate surface area is 128 Å². The molecular weight excluding hydrogens is 301 g/mol. The molecule has 1 rings (SSSR count). The van der Waals surface area contributed by atoms with Crippen LogP contribution < -0.4 is 15.5 Å². The summed E-state index contributed by atoms with van der Waals surface area (Å²) in [6.07, 6.45) is 0. The second-order valence-corrected chi connectivity index (χ2v) is 5.39. The molecule has 0 radical (unpaired) electrons. The zero-order valence-corrected chi connectivity index (χ0v) is 12.8. The van der Waals surface area contributed by atoms with Gasteiger partial charge in [-0.25, -0.2) is 0 Å². The van der Waals surface area contributed by atoms with Crippen molar-refractivity contribution in [1.82, 2.24) is 10.6 Å². The van der Waals surface area contributed by atoms with Crippen molar-refractivity contribution in [3.8, 4) is 0 Å². The molecule has 0 saturated heterocycles. The van der Waals surface area contributed by atoms with Gasteiger partial charge in [-0.05, 0) is 24.3 Å². The molecule has 7 heteroatoms. The maximum Gasteiger partial charge on any atom is 0.253 e. The highest BCUT2D eigenvalue weighted by molar-refractivity contribution is 6.53. The Morgan fingerprint density at radius 3 is 2.15 bits per heavy atom. The van der Waals surface area contributed by atoms with Crippen LogP contribution in [0.3, 0.4) is 0 Å². The van der Waals surface area contributed by atoms with Crippen LogP contribution in [0.15, 0.2) is 24.3 Å². The van der Waals surface area contributed by atoms with Crippen LogP contribution in [0.25, 0.3) is 0 Å². The first kappa shape index (κ1) is 16.6. The highest BCUT2D eigenvalue weighted by Gasteiger charge is 2.10. The van der Waals surface area contributed by atoms with Crippen molar-refractivity contribution in [2.75, 3.05) is 32.1 Å². The molecule has 0 aliphatic rings. The minimum atomic E-state index is -1.09. The van der Waals surface area contributed by atoms with E-state index >= 15 is 0 Å². The van der Waals surface area contributed by atoms with Gasteiger partial charge in [0.05, 0.1) is 0 Å². The minimum absolute atomic E-state index is 0.196. The number of halogens is 2. The lowest BCUT2D eigenvalue weighted by Gasteiger charge is -2.12. The number of carbonyl (C=O) groups excluding carboxylic acids is 2. The van der Waals surface area contributed by atoms with Gasteiger partial charge in [0, 0.05) is 38.4 Å². The number of alkyl halides is 2. The molecular formula is C13H17Cl2N3O2. The standard InChI is InChI=1S/C13H17Cl2N3O2/c1-18(2)10-5-3-9(4-6-10)12(19)16-7-8-17-13(20)11(14)15/h3-6,11H,7-8H2,1-2H3,(H,16,19)(H,17,20). The van der Waals surface area contributed by atoms with E-state index in [1.54, 1.807) is 12.1 Å². The van der Waals surface area contributed by atoms with Crippen LogP contribution in [-0.4, -0.2) is 43.8 Å². The first-order chi connectivity index (χ1) is 9.41. The van der Waals surface area contributed by atoms with Crippen molar-refractivity contribution in [3.63, 3.8) is 0 Å². The average Bonchev–Trinajstić information content (AvgIpc) is 2.43. The quantitative estimate of drug-likeness (QED) is 0.616. The molecule has 0 fully saturated rings. The van der Waals surface area contributed by atoms with Gasteiger partial charge in [-0.1, -0.05) is 23.2 Å². The monoisotopic (exact) mass is 317 g/mol. The molecule has 0 aliphatic heterocycles. The van der Waals surface area contributed by atoms with Gasteiger partial charge in [0.15, 0.2) is 4.84 Å². The number of hydrogen-bond acceptors (Lipinski definition) is 3. The Kier molecular flexibility index (Phi) is 6.61. The van der Waals surface area contributed by atoms with Crippen molar-refractivity contribution in [1.29, 1.82) is 0 Å². The zero-order valence-electron chi connectivity index (χ0n) is 11.3.